The summed E-state index contributed by atoms with van der Waals surface area (Å²) in [5, 5.41) is 11.7. The summed E-state index contributed by atoms with van der Waals surface area (Å²) in [7, 11) is 1.47. The van der Waals surface area contributed by atoms with E-state index in [1.54, 1.807) is 18.2 Å². The first-order chi connectivity index (χ1) is 8.96. The van der Waals surface area contributed by atoms with Crippen molar-refractivity contribution in [1.82, 2.24) is 5.32 Å². The zero-order chi connectivity index (χ0) is 14.3. The topological polar surface area (TPSA) is 45.0 Å². The fourth-order valence-corrected chi connectivity index (χ4v) is 1.58. The number of hydrogen-bond acceptors (Lipinski definition) is 3. The van der Waals surface area contributed by atoms with Crippen molar-refractivity contribution in [3.8, 4) is 11.8 Å². The van der Waals surface area contributed by atoms with Crippen molar-refractivity contribution in [3.63, 3.8) is 0 Å². The molecule has 0 saturated heterocycles. The standard InChI is InChI=1S/C13H15F3N2O/c1-19-12-7-10(3-4-11(12)8-17)9-18-6-2-5-13(14,15)16/h3-4,7,18H,2,5-6,9H2,1H3. The van der Waals surface area contributed by atoms with Crippen molar-refractivity contribution >= 4 is 0 Å². The number of nitrogens with one attached hydrogen (secondary N) is 1. The number of halogens is 3. The maximum Gasteiger partial charge on any atom is 0.389 e. The lowest BCUT2D eigenvalue weighted by atomic mass is 10.1. The Morgan fingerprint density at radius 3 is 2.68 bits per heavy atom. The van der Waals surface area contributed by atoms with E-state index in [0.29, 0.717) is 24.4 Å². The molecule has 0 saturated carbocycles. The predicted octanol–water partition coefficient (Wildman–Crippen LogP) is 3.00. The lowest BCUT2D eigenvalue weighted by molar-refractivity contribution is -0.135. The molecule has 1 aromatic rings. The second-order valence-corrected chi connectivity index (χ2v) is 4.04. The van der Waals surface area contributed by atoms with E-state index in [1.165, 1.54) is 7.11 Å². The summed E-state index contributed by atoms with van der Waals surface area (Å²) in [5.74, 6) is 0.470. The van der Waals surface area contributed by atoms with Crippen LogP contribution in [0.15, 0.2) is 18.2 Å². The molecular formula is C13H15F3N2O. The maximum absolute atomic E-state index is 11.9. The first kappa shape index (κ1) is 15.3. The van der Waals surface area contributed by atoms with Gasteiger partial charge in [-0.1, -0.05) is 6.07 Å². The number of ether oxygens (including phenoxy) is 1. The summed E-state index contributed by atoms with van der Waals surface area (Å²) in [5.41, 5.74) is 1.30. The smallest absolute Gasteiger partial charge is 0.389 e. The highest BCUT2D eigenvalue weighted by Gasteiger charge is 2.25. The van der Waals surface area contributed by atoms with E-state index in [2.05, 4.69) is 5.32 Å². The van der Waals surface area contributed by atoms with Gasteiger partial charge in [0, 0.05) is 13.0 Å². The molecular weight excluding hydrogens is 257 g/mol. The van der Waals surface area contributed by atoms with Crippen LogP contribution in [0.2, 0.25) is 0 Å². The minimum absolute atomic E-state index is 0.0525. The predicted molar refractivity (Wildman–Crippen MR) is 64.7 cm³/mol. The third-order valence-electron chi connectivity index (χ3n) is 2.53. The number of rotatable bonds is 6. The molecule has 0 heterocycles. The molecule has 0 aromatic heterocycles. The molecule has 0 radical (unpaired) electrons. The zero-order valence-electron chi connectivity index (χ0n) is 10.5. The van der Waals surface area contributed by atoms with E-state index in [4.69, 9.17) is 10.00 Å². The van der Waals surface area contributed by atoms with Crippen LogP contribution in [0, 0.1) is 11.3 Å². The number of hydrogen-bond donors (Lipinski definition) is 1. The van der Waals surface area contributed by atoms with E-state index in [-0.39, 0.29) is 6.42 Å². The van der Waals surface area contributed by atoms with Crippen LogP contribution in [-0.2, 0) is 6.54 Å². The Kier molecular flexibility index (Phi) is 5.64. The lowest BCUT2D eigenvalue weighted by Gasteiger charge is -2.09. The molecule has 0 spiro atoms. The Bertz CT molecular complexity index is 452. The summed E-state index contributed by atoms with van der Waals surface area (Å²) in [6, 6.07) is 7.08. The van der Waals surface area contributed by atoms with Crippen molar-refractivity contribution in [3.05, 3.63) is 29.3 Å². The maximum atomic E-state index is 11.9. The molecule has 1 N–H and O–H groups in total. The summed E-state index contributed by atoms with van der Waals surface area (Å²) >= 11 is 0. The Morgan fingerprint density at radius 2 is 2.11 bits per heavy atom. The fraction of sp³-hybridized carbons (Fsp3) is 0.462. The van der Waals surface area contributed by atoms with Crippen LogP contribution in [0.25, 0.3) is 0 Å². The Balaban J connectivity index is 2.40. The molecule has 0 aliphatic carbocycles. The van der Waals surface area contributed by atoms with E-state index < -0.39 is 12.6 Å². The van der Waals surface area contributed by atoms with Crippen LogP contribution >= 0.6 is 0 Å². The van der Waals surface area contributed by atoms with Gasteiger partial charge in [0.1, 0.15) is 11.8 Å². The summed E-state index contributed by atoms with van der Waals surface area (Å²) < 4.78 is 40.8. The minimum Gasteiger partial charge on any atom is -0.495 e. The van der Waals surface area contributed by atoms with Gasteiger partial charge in [-0.2, -0.15) is 18.4 Å². The van der Waals surface area contributed by atoms with E-state index >= 15 is 0 Å². The number of alkyl halides is 3. The highest BCUT2D eigenvalue weighted by molar-refractivity contribution is 5.45. The minimum atomic E-state index is -4.10. The molecule has 3 nitrogen and oxygen atoms in total. The fourth-order valence-electron chi connectivity index (χ4n) is 1.58. The SMILES string of the molecule is COc1cc(CNCCCC(F)(F)F)ccc1C#N. The molecule has 0 aliphatic heterocycles. The molecule has 6 heteroatoms. The van der Waals surface area contributed by atoms with Crippen molar-refractivity contribution in [2.45, 2.75) is 25.6 Å². The Morgan fingerprint density at radius 1 is 1.37 bits per heavy atom. The number of nitriles is 1. The molecule has 0 aliphatic rings. The Hall–Kier alpha value is -1.74. The van der Waals surface area contributed by atoms with Gasteiger partial charge >= 0.3 is 6.18 Å². The first-order valence-electron chi connectivity index (χ1n) is 5.81. The van der Waals surface area contributed by atoms with Crippen molar-refractivity contribution in [1.29, 1.82) is 5.26 Å². The molecule has 0 unspecified atom stereocenters. The van der Waals surface area contributed by atoms with Gasteiger partial charge in [0.25, 0.3) is 0 Å². The van der Waals surface area contributed by atoms with Gasteiger partial charge in [-0.25, -0.2) is 0 Å². The molecule has 1 aromatic carbocycles. The van der Waals surface area contributed by atoms with Gasteiger partial charge in [-0.05, 0) is 30.7 Å². The van der Waals surface area contributed by atoms with Crippen molar-refractivity contribution in [2.75, 3.05) is 13.7 Å². The van der Waals surface area contributed by atoms with Crippen LogP contribution in [-0.4, -0.2) is 19.8 Å². The van der Waals surface area contributed by atoms with Gasteiger partial charge in [0.15, 0.2) is 0 Å². The van der Waals surface area contributed by atoms with Crippen LogP contribution in [0.3, 0.4) is 0 Å². The van der Waals surface area contributed by atoms with Gasteiger partial charge in [-0.15, -0.1) is 0 Å². The van der Waals surface area contributed by atoms with Crippen LogP contribution in [0.5, 0.6) is 5.75 Å². The van der Waals surface area contributed by atoms with E-state index in [0.717, 1.165) is 5.56 Å². The molecule has 1 rings (SSSR count). The first-order valence-corrected chi connectivity index (χ1v) is 5.81. The molecule has 0 amide bonds. The van der Waals surface area contributed by atoms with Gasteiger partial charge < -0.3 is 10.1 Å². The van der Waals surface area contributed by atoms with Crippen molar-refractivity contribution in [2.24, 2.45) is 0 Å². The monoisotopic (exact) mass is 272 g/mol. The largest absolute Gasteiger partial charge is 0.495 e. The molecule has 0 fully saturated rings. The zero-order valence-corrected chi connectivity index (χ0v) is 10.5. The quantitative estimate of drug-likeness (QED) is 0.810. The Labute approximate surface area is 110 Å². The van der Waals surface area contributed by atoms with Crippen LogP contribution in [0.4, 0.5) is 13.2 Å². The number of nitrogens with zero attached hydrogens (tertiary/aromatic N) is 1. The number of benzene rings is 1. The average molecular weight is 272 g/mol. The van der Waals surface area contributed by atoms with E-state index in [1.807, 2.05) is 6.07 Å². The molecule has 19 heavy (non-hydrogen) atoms. The average Bonchev–Trinajstić information content (AvgIpc) is 2.36. The second-order valence-electron chi connectivity index (χ2n) is 4.04. The second kappa shape index (κ2) is 7.00. The molecule has 0 bridgehead atoms. The van der Waals surface area contributed by atoms with Gasteiger partial charge in [-0.3, -0.25) is 0 Å². The normalized spacial score (nSPS) is 11.1. The number of methoxy groups -OCH3 is 1. The summed E-state index contributed by atoms with van der Waals surface area (Å²) in [6.07, 6.45) is -4.83. The molecule has 104 valence electrons. The molecule has 0 atom stereocenters. The van der Waals surface area contributed by atoms with Crippen LogP contribution in [0.1, 0.15) is 24.0 Å². The highest BCUT2D eigenvalue weighted by Crippen LogP contribution is 2.21. The third-order valence-corrected chi connectivity index (χ3v) is 2.53. The van der Waals surface area contributed by atoms with Crippen LogP contribution < -0.4 is 10.1 Å². The summed E-state index contributed by atoms with van der Waals surface area (Å²) in [6.45, 7) is 0.738. The van der Waals surface area contributed by atoms with Crippen molar-refractivity contribution < 1.29 is 17.9 Å². The van der Waals surface area contributed by atoms with Gasteiger partial charge in [0.2, 0.25) is 0 Å². The lowest BCUT2D eigenvalue weighted by Crippen LogP contribution is -2.17. The van der Waals surface area contributed by atoms with Gasteiger partial charge in [0.05, 0.1) is 12.7 Å². The summed E-state index contributed by atoms with van der Waals surface area (Å²) in [4.78, 5) is 0. The third kappa shape index (κ3) is 5.62. The highest BCUT2D eigenvalue weighted by atomic mass is 19.4. The van der Waals surface area contributed by atoms with E-state index in [9.17, 15) is 13.2 Å².